The standard InChI is InChI=1S/C15H22N2O4/c1-21-13(20)15-7-4-14(5-8-15,6-9-15)12(19)17-16-11(18)10-2-3-10/h10H,2-9H2,1H3,(H,16,18)(H,17,19). The molecule has 0 unspecified atom stereocenters. The van der Waals surface area contributed by atoms with Gasteiger partial charge in [0.05, 0.1) is 17.9 Å². The van der Waals surface area contributed by atoms with Gasteiger partial charge in [0, 0.05) is 5.92 Å². The smallest absolute Gasteiger partial charge is 0.311 e. The van der Waals surface area contributed by atoms with Crippen molar-refractivity contribution in [3.05, 3.63) is 0 Å². The summed E-state index contributed by atoms with van der Waals surface area (Å²) < 4.78 is 4.92. The summed E-state index contributed by atoms with van der Waals surface area (Å²) in [4.78, 5) is 35.9. The summed E-state index contributed by atoms with van der Waals surface area (Å²) in [5.74, 6) is -0.254. The lowest BCUT2D eigenvalue weighted by Gasteiger charge is -2.50. The first-order chi connectivity index (χ1) is 10.0. The lowest BCUT2D eigenvalue weighted by Crippen LogP contribution is -2.56. The fraction of sp³-hybridized carbons (Fsp3) is 0.800. The van der Waals surface area contributed by atoms with Crippen LogP contribution in [-0.4, -0.2) is 24.9 Å². The summed E-state index contributed by atoms with van der Waals surface area (Å²) in [5, 5.41) is 0. The second-order valence-electron chi connectivity index (χ2n) is 6.77. The minimum Gasteiger partial charge on any atom is -0.469 e. The third-order valence-electron chi connectivity index (χ3n) is 5.59. The molecule has 2 N–H and O–H groups in total. The van der Waals surface area contributed by atoms with Crippen LogP contribution < -0.4 is 10.9 Å². The second kappa shape index (κ2) is 5.00. The highest BCUT2D eigenvalue weighted by Crippen LogP contribution is 2.57. The summed E-state index contributed by atoms with van der Waals surface area (Å²) in [6, 6.07) is 0. The number of hydrogen-bond donors (Lipinski definition) is 2. The Morgan fingerprint density at radius 1 is 0.905 bits per heavy atom. The molecule has 2 bridgehead atoms. The molecule has 4 aliphatic carbocycles. The van der Waals surface area contributed by atoms with E-state index in [4.69, 9.17) is 4.74 Å². The van der Waals surface area contributed by atoms with Crippen LogP contribution in [-0.2, 0) is 19.1 Å². The van der Waals surface area contributed by atoms with E-state index in [2.05, 4.69) is 10.9 Å². The SMILES string of the molecule is COC(=O)C12CCC(C(=O)NNC(=O)C3CC3)(CC1)CC2. The van der Waals surface area contributed by atoms with E-state index in [9.17, 15) is 14.4 Å². The van der Waals surface area contributed by atoms with Crippen molar-refractivity contribution in [3.63, 3.8) is 0 Å². The number of rotatable bonds is 3. The highest BCUT2D eigenvalue weighted by atomic mass is 16.5. The van der Waals surface area contributed by atoms with Gasteiger partial charge in [-0.1, -0.05) is 0 Å². The highest BCUT2D eigenvalue weighted by molar-refractivity contribution is 5.88. The van der Waals surface area contributed by atoms with E-state index in [1.165, 1.54) is 7.11 Å². The molecule has 4 saturated carbocycles. The maximum atomic E-state index is 12.4. The van der Waals surface area contributed by atoms with Gasteiger partial charge in [0.2, 0.25) is 11.8 Å². The molecular weight excluding hydrogens is 272 g/mol. The maximum Gasteiger partial charge on any atom is 0.311 e. The number of fused-ring (bicyclic) bond motifs is 3. The molecule has 6 nitrogen and oxygen atoms in total. The molecule has 0 radical (unpaired) electrons. The Bertz CT molecular complexity index is 460. The number of hydrogen-bond acceptors (Lipinski definition) is 4. The molecule has 2 amide bonds. The Hall–Kier alpha value is -1.59. The molecule has 0 aromatic carbocycles. The van der Waals surface area contributed by atoms with Crippen molar-refractivity contribution in [2.24, 2.45) is 16.7 Å². The lowest BCUT2D eigenvalue weighted by molar-refractivity contribution is -0.166. The number of esters is 1. The summed E-state index contributed by atoms with van der Waals surface area (Å²) in [5.41, 5.74) is 4.32. The highest BCUT2D eigenvalue weighted by Gasteiger charge is 2.56. The van der Waals surface area contributed by atoms with Crippen molar-refractivity contribution in [1.29, 1.82) is 0 Å². The molecule has 21 heavy (non-hydrogen) atoms. The quantitative estimate of drug-likeness (QED) is 0.602. The Morgan fingerprint density at radius 3 is 1.90 bits per heavy atom. The predicted molar refractivity (Wildman–Crippen MR) is 73.6 cm³/mol. The topological polar surface area (TPSA) is 84.5 Å². The molecule has 0 atom stereocenters. The van der Waals surface area contributed by atoms with Crippen molar-refractivity contribution in [3.8, 4) is 0 Å². The average molecular weight is 294 g/mol. The molecule has 4 fully saturated rings. The van der Waals surface area contributed by atoms with E-state index in [0.717, 1.165) is 12.8 Å². The zero-order valence-electron chi connectivity index (χ0n) is 12.4. The van der Waals surface area contributed by atoms with E-state index in [1.54, 1.807) is 0 Å². The predicted octanol–water partition coefficient (Wildman–Crippen LogP) is 1.06. The van der Waals surface area contributed by atoms with E-state index in [0.29, 0.717) is 38.5 Å². The zero-order valence-corrected chi connectivity index (χ0v) is 12.4. The summed E-state index contributed by atoms with van der Waals surface area (Å²) in [6.07, 6.45) is 5.98. The normalized spacial score (nSPS) is 34.1. The minimum absolute atomic E-state index is 0.0764. The number of nitrogens with one attached hydrogen (secondary N) is 2. The van der Waals surface area contributed by atoms with Gasteiger partial charge in [0.15, 0.2) is 0 Å². The number of methoxy groups -OCH3 is 1. The van der Waals surface area contributed by atoms with Gasteiger partial charge in [-0.15, -0.1) is 0 Å². The Morgan fingerprint density at radius 2 is 1.43 bits per heavy atom. The molecule has 6 heteroatoms. The minimum atomic E-state index is -0.424. The lowest BCUT2D eigenvalue weighted by atomic mass is 9.53. The Labute approximate surface area is 123 Å². The largest absolute Gasteiger partial charge is 0.469 e. The van der Waals surface area contributed by atoms with Crippen LogP contribution in [0.5, 0.6) is 0 Å². The van der Waals surface area contributed by atoms with E-state index < -0.39 is 5.41 Å². The van der Waals surface area contributed by atoms with Crippen LogP contribution in [0.25, 0.3) is 0 Å². The van der Waals surface area contributed by atoms with Gasteiger partial charge in [-0.3, -0.25) is 25.2 Å². The molecule has 4 rings (SSSR count). The fourth-order valence-electron chi connectivity index (χ4n) is 3.75. The number of hydrazine groups is 1. The number of carbonyl (C=O) groups excluding carboxylic acids is 3. The van der Waals surface area contributed by atoms with Crippen LogP contribution in [0.1, 0.15) is 51.4 Å². The molecule has 0 aromatic rings. The average Bonchev–Trinajstić information content (AvgIpc) is 3.38. The summed E-state index contributed by atoms with van der Waals surface area (Å²) in [6.45, 7) is 0. The molecular formula is C15H22N2O4. The Balaban J connectivity index is 1.58. The van der Waals surface area contributed by atoms with Crippen molar-refractivity contribution in [2.45, 2.75) is 51.4 Å². The Kier molecular flexibility index (Phi) is 3.42. The molecule has 4 aliphatic rings. The van der Waals surface area contributed by atoms with Gasteiger partial charge >= 0.3 is 5.97 Å². The molecule has 0 saturated heterocycles. The molecule has 0 spiro atoms. The number of carbonyl (C=O) groups is 3. The third-order valence-corrected chi connectivity index (χ3v) is 5.59. The van der Waals surface area contributed by atoms with Crippen molar-refractivity contribution < 1.29 is 19.1 Å². The van der Waals surface area contributed by atoms with Crippen LogP contribution in [0.4, 0.5) is 0 Å². The number of ether oxygens (including phenoxy) is 1. The third kappa shape index (κ3) is 2.40. The number of amides is 2. The van der Waals surface area contributed by atoms with Crippen molar-refractivity contribution >= 4 is 17.8 Å². The first-order valence-corrected chi connectivity index (χ1v) is 7.70. The molecule has 116 valence electrons. The van der Waals surface area contributed by atoms with Crippen LogP contribution in [0.15, 0.2) is 0 Å². The van der Waals surface area contributed by atoms with Gasteiger partial charge < -0.3 is 4.74 Å². The van der Waals surface area contributed by atoms with Gasteiger partial charge in [-0.05, 0) is 51.4 Å². The van der Waals surface area contributed by atoms with Crippen LogP contribution in [0.3, 0.4) is 0 Å². The van der Waals surface area contributed by atoms with E-state index >= 15 is 0 Å². The van der Waals surface area contributed by atoms with Gasteiger partial charge in [0.1, 0.15) is 0 Å². The monoisotopic (exact) mass is 294 g/mol. The van der Waals surface area contributed by atoms with Gasteiger partial charge in [-0.25, -0.2) is 0 Å². The summed E-state index contributed by atoms with van der Waals surface area (Å²) >= 11 is 0. The molecule has 0 heterocycles. The van der Waals surface area contributed by atoms with Crippen LogP contribution >= 0.6 is 0 Å². The first-order valence-electron chi connectivity index (χ1n) is 7.70. The van der Waals surface area contributed by atoms with Crippen LogP contribution in [0.2, 0.25) is 0 Å². The van der Waals surface area contributed by atoms with Gasteiger partial charge in [0.25, 0.3) is 0 Å². The van der Waals surface area contributed by atoms with Crippen molar-refractivity contribution in [1.82, 2.24) is 10.9 Å². The van der Waals surface area contributed by atoms with Gasteiger partial charge in [-0.2, -0.15) is 0 Å². The van der Waals surface area contributed by atoms with Crippen molar-refractivity contribution in [2.75, 3.05) is 7.11 Å². The zero-order chi connectivity index (χ0) is 15.1. The summed E-state index contributed by atoms with van der Waals surface area (Å²) in [7, 11) is 1.42. The second-order valence-corrected chi connectivity index (χ2v) is 6.77. The van der Waals surface area contributed by atoms with Crippen LogP contribution in [0, 0.1) is 16.7 Å². The molecule has 0 aliphatic heterocycles. The maximum absolute atomic E-state index is 12.4. The van der Waals surface area contributed by atoms with E-state index in [1.807, 2.05) is 0 Å². The first kappa shape index (κ1) is 14.4. The molecule has 0 aromatic heterocycles. The fourth-order valence-corrected chi connectivity index (χ4v) is 3.75. The van der Waals surface area contributed by atoms with E-state index in [-0.39, 0.29) is 29.1 Å².